The number of ketones is 1. The van der Waals surface area contributed by atoms with Crippen molar-refractivity contribution in [1.82, 2.24) is 4.90 Å². The first-order chi connectivity index (χ1) is 13.9. The number of carbonyl (C=O) groups excluding carboxylic acids is 2. The van der Waals surface area contributed by atoms with Gasteiger partial charge in [-0.3, -0.25) is 4.79 Å². The molecule has 6 heteroatoms. The molecule has 3 rings (SSSR count). The summed E-state index contributed by atoms with van der Waals surface area (Å²) < 4.78 is 16.1. The number of carbonyl (C=O) groups is 2. The van der Waals surface area contributed by atoms with Crippen LogP contribution in [0.15, 0.2) is 23.9 Å². The van der Waals surface area contributed by atoms with Gasteiger partial charge in [0.1, 0.15) is 17.9 Å². The summed E-state index contributed by atoms with van der Waals surface area (Å²) in [6.07, 6.45) is 2.86. The third-order valence-electron chi connectivity index (χ3n) is 5.73. The van der Waals surface area contributed by atoms with E-state index in [9.17, 15) is 9.59 Å². The van der Waals surface area contributed by atoms with E-state index in [4.69, 9.17) is 14.2 Å². The number of Topliss-reactive ketones (excluding diaryl/α,β-unsaturated/α-hetero) is 1. The molecule has 2 aliphatic heterocycles. The second kappa shape index (κ2) is 8.99. The molecule has 0 aliphatic carbocycles. The summed E-state index contributed by atoms with van der Waals surface area (Å²) in [7, 11) is 1.66. The first-order valence-corrected chi connectivity index (χ1v) is 10.3. The van der Waals surface area contributed by atoms with E-state index in [1.165, 1.54) is 5.56 Å². The Morgan fingerprint density at radius 2 is 2.00 bits per heavy atom. The Bertz CT molecular complexity index is 814. The van der Waals surface area contributed by atoms with E-state index in [-0.39, 0.29) is 36.5 Å². The molecule has 6 nitrogen and oxygen atoms in total. The van der Waals surface area contributed by atoms with Crippen molar-refractivity contribution < 1.29 is 23.8 Å². The van der Waals surface area contributed by atoms with Gasteiger partial charge in [-0.05, 0) is 48.9 Å². The van der Waals surface area contributed by atoms with E-state index in [1.807, 2.05) is 6.92 Å². The molecule has 2 heterocycles. The van der Waals surface area contributed by atoms with Crippen molar-refractivity contribution in [3.63, 3.8) is 0 Å². The zero-order valence-corrected chi connectivity index (χ0v) is 18.0. The van der Waals surface area contributed by atoms with E-state index >= 15 is 0 Å². The summed E-state index contributed by atoms with van der Waals surface area (Å²) in [6.45, 7) is 9.41. The molecule has 0 N–H and O–H groups in total. The van der Waals surface area contributed by atoms with E-state index in [2.05, 4.69) is 30.9 Å². The molecule has 0 aromatic heterocycles. The normalized spacial score (nSPS) is 20.8. The van der Waals surface area contributed by atoms with Gasteiger partial charge in [0.2, 0.25) is 0 Å². The standard InChI is InChI=1S/C23H31NO5/c1-6-28-23(26)18-13-24-19(14(2)3)10-16-11-22(29-8-7-27-5)15(4)9-17(16)20(24)12-21(18)25/h9,11,13-14,19-20H,6-8,10,12H2,1-5H3. The van der Waals surface area contributed by atoms with Gasteiger partial charge < -0.3 is 19.1 Å². The van der Waals surface area contributed by atoms with Crippen molar-refractivity contribution in [2.45, 2.75) is 52.6 Å². The first-order valence-electron chi connectivity index (χ1n) is 10.3. The third kappa shape index (κ3) is 4.32. The predicted octanol–water partition coefficient (Wildman–Crippen LogP) is 3.36. The highest BCUT2D eigenvalue weighted by Crippen LogP contribution is 2.43. The van der Waals surface area contributed by atoms with Gasteiger partial charge in [0.15, 0.2) is 5.78 Å². The number of hydrogen-bond donors (Lipinski definition) is 0. The SMILES string of the molecule is CCOC(=O)C1=CN2C(CC1=O)c1cc(C)c(OCCOC)cc1CC2C(C)C. The number of fused-ring (bicyclic) bond motifs is 3. The Morgan fingerprint density at radius 3 is 2.66 bits per heavy atom. The van der Waals surface area contributed by atoms with Crippen LogP contribution < -0.4 is 4.74 Å². The maximum atomic E-state index is 12.7. The predicted molar refractivity (Wildman–Crippen MR) is 110 cm³/mol. The van der Waals surface area contributed by atoms with Gasteiger partial charge in [-0.2, -0.15) is 0 Å². The van der Waals surface area contributed by atoms with Crippen molar-refractivity contribution in [1.29, 1.82) is 0 Å². The van der Waals surface area contributed by atoms with Crippen LogP contribution >= 0.6 is 0 Å². The minimum absolute atomic E-state index is 0.0662. The number of methoxy groups -OCH3 is 1. The Balaban J connectivity index is 1.98. The van der Waals surface area contributed by atoms with Crippen LogP contribution in [0.2, 0.25) is 0 Å². The number of esters is 1. The summed E-state index contributed by atoms with van der Waals surface area (Å²) in [5.41, 5.74) is 3.55. The van der Waals surface area contributed by atoms with Gasteiger partial charge in [0.05, 0.1) is 19.3 Å². The highest BCUT2D eigenvalue weighted by Gasteiger charge is 2.41. The number of aryl methyl sites for hydroxylation is 1. The second-order valence-electron chi connectivity index (χ2n) is 8.03. The molecule has 0 saturated carbocycles. The first kappa shape index (κ1) is 21.4. The monoisotopic (exact) mass is 401 g/mol. The lowest BCUT2D eigenvalue weighted by molar-refractivity contribution is -0.140. The second-order valence-corrected chi connectivity index (χ2v) is 8.03. The minimum Gasteiger partial charge on any atom is -0.491 e. The summed E-state index contributed by atoms with van der Waals surface area (Å²) in [6, 6.07) is 4.37. The molecular weight excluding hydrogens is 370 g/mol. The van der Waals surface area contributed by atoms with E-state index < -0.39 is 5.97 Å². The summed E-state index contributed by atoms with van der Waals surface area (Å²) >= 11 is 0. The van der Waals surface area contributed by atoms with Crippen LogP contribution in [0.1, 0.15) is 49.9 Å². The number of benzene rings is 1. The zero-order chi connectivity index (χ0) is 21.1. The molecular formula is C23H31NO5. The van der Waals surface area contributed by atoms with Gasteiger partial charge >= 0.3 is 5.97 Å². The Hall–Kier alpha value is -2.34. The topological polar surface area (TPSA) is 65.1 Å². The van der Waals surface area contributed by atoms with Crippen LogP contribution in [-0.4, -0.2) is 49.6 Å². The minimum atomic E-state index is -0.526. The summed E-state index contributed by atoms with van der Waals surface area (Å²) in [5, 5.41) is 0. The molecule has 0 radical (unpaired) electrons. The van der Waals surface area contributed by atoms with Crippen LogP contribution in [0.5, 0.6) is 5.75 Å². The molecule has 0 bridgehead atoms. The Kier molecular flexibility index (Phi) is 6.63. The Morgan fingerprint density at radius 1 is 1.24 bits per heavy atom. The average Bonchev–Trinajstić information content (AvgIpc) is 2.68. The number of ether oxygens (including phenoxy) is 3. The highest BCUT2D eigenvalue weighted by atomic mass is 16.5. The van der Waals surface area contributed by atoms with E-state index in [0.717, 1.165) is 23.3 Å². The average molecular weight is 402 g/mol. The molecule has 0 amide bonds. The van der Waals surface area contributed by atoms with Crippen molar-refractivity contribution in [2.75, 3.05) is 26.9 Å². The number of hydrogen-bond acceptors (Lipinski definition) is 6. The molecule has 158 valence electrons. The molecule has 1 aromatic rings. The van der Waals surface area contributed by atoms with Gasteiger partial charge in [-0.1, -0.05) is 19.9 Å². The lowest BCUT2D eigenvalue weighted by Gasteiger charge is -2.47. The highest BCUT2D eigenvalue weighted by molar-refractivity contribution is 6.17. The molecule has 2 aliphatic rings. The maximum absolute atomic E-state index is 12.7. The molecule has 2 unspecified atom stereocenters. The van der Waals surface area contributed by atoms with Crippen molar-refractivity contribution in [3.8, 4) is 5.75 Å². The van der Waals surface area contributed by atoms with E-state index in [1.54, 1.807) is 20.2 Å². The zero-order valence-electron chi connectivity index (χ0n) is 18.0. The molecule has 0 saturated heterocycles. The fourth-order valence-electron chi connectivity index (χ4n) is 4.22. The van der Waals surface area contributed by atoms with Crippen molar-refractivity contribution >= 4 is 11.8 Å². The van der Waals surface area contributed by atoms with Crippen LogP contribution in [0, 0.1) is 12.8 Å². The van der Waals surface area contributed by atoms with Crippen LogP contribution in [-0.2, 0) is 25.5 Å². The largest absolute Gasteiger partial charge is 0.491 e. The van der Waals surface area contributed by atoms with E-state index in [0.29, 0.717) is 19.1 Å². The van der Waals surface area contributed by atoms with Crippen LogP contribution in [0.3, 0.4) is 0 Å². The number of rotatable bonds is 7. The van der Waals surface area contributed by atoms with Crippen molar-refractivity contribution in [3.05, 3.63) is 40.6 Å². The fraction of sp³-hybridized carbons (Fsp3) is 0.565. The quantitative estimate of drug-likeness (QED) is 0.397. The maximum Gasteiger partial charge on any atom is 0.343 e. The van der Waals surface area contributed by atoms with Gasteiger partial charge in [0.25, 0.3) is 0 Å². The van der Waals surface area contributed by atoms with Crippen LogP contribution in [0.4, 0.5) is 0 Å². The van der Waals surface area contributed by atoms with Gasteiger partial charge in [-0.25, -0.2) is 4.79 Å². The fourth-order valence-corrected chi connectivity index (χ4v) is 4.22. The van der Waals surface area contributed by atoms with Crippen molar-refractivity contribution in [2.24, 2.45) is 5.92 Å². The molecule has 0 fully saturated rings. The molecule has 0 spiro atoms. The molecule has 2 atom stereocenters. The third-order valence-corrected chi connectivity index (χ3v) is 5.73. The lowest BCUT2D eigenvalue weighted by Crippen LogP contribution is -2.47. The van der Waals surface area contributed by atoms with Gasteiger partial charge in [-0.15, -0.1) is 0 Å². The summed E-state index contributed by atoms with van der Waals surface area (Å²) in [5.74, 6) is 0.541. The molecule has 1 aromatic carbocycles. The lowest BCUT2D eigenvalue weighted by atomic mass is 9.79. The van der Waals surface area contributed by atoms with Crippen LogP contribution in [0.25, 0.3) is 0 Å². The smallest absolute Gasteiger partial charge is 0.343 e. The van der Waals surface area contributed by atoms with Gasteiger partial charge in [0, 0.05) is 25.8 Å². The summed E-state index contributed by atoms with van der Waals surface area (Å²) in [4.78, 5) is 27.2. The molecule has 29 heavy (non-hydrogen) atoms. The number of nitrogens with zero attached hydrogens (tertiary/aromatic N) is 1. The Labute approximate surface area is 172 Å².